The Bertz CT molecular complexity index is 717. The predicted molar refractivity (Wildman–Crippen MR) is 71.5 cm³/mol. The number of nitrogens with one attached hydrogen (secondary N) is 1. The van der Waals surface area contributed by atoms with Gasteiger partial charge >= 0.3 is 0 Å². The van der Waals surface area contributed by atoms with Crippen molar-refractivity contribution in [3.05, 3.63) is 52.3 Å². The third-order valence-electron chi connectivity index (χ3n) is 2.60. The molecular weight excluding hydrogens is 274 g/mol. The number of para-hydroxylation sites is 1. The van der Waals surface area contributed by atoms with Gasteiger partial charge in [-0.2, -0.15) is 0 Å². The molecule has 2 aromatic carbocycles. The summed E-state index contributed by atoms with van der Waals surface area (Å²) in [5, 5.41) is 1.02. The molecule has 90 valence electrons. The Balaban J connectivity index is 2.22. The molecule has 0 radical (unpaired) electrons. The molecular formula is C13H7Cl2FN2. The average molecular weight is 281 g/mol. The average Bonchev–Trinajstić information content (AvgIpc) is 2.73. The number of aromatic amines is 1. The van der Waals surface area contributed by atoms with Gasteiger partial charge in [-0.1, -0.05) is 29.3 Å². The van der Waals surface area contributed by atoms with Gasteiger partial charge in [-0.25, -0.2) is 9.37 Å². The Labute approximate surface area is 112 Å². The zero-order valence-corrected chi connectivity index (χ0v) is 10.6. The van der Waals surface area contributed by atoms with Crippen molar-refractivity contribution in [1.29, 1.82) is 0 Å². The largest absolute Gasteiger partial charge is 0.338 e. The van der Waals surface area contributed by atoms with E-state index in [1.54, 1.807) is 30.3 Å². The maximum absolute atomic E-state index is 13.5. The highest BCUT2D eigenvalue weighted by atomic mass is 35.5. The summed E-state index contributed by atoms with van der Waals surface area (Å²) in [7, 11) is 0. The van der Waals surface area contributed by atoms with Crippen molar-refractivity contribution >= 4 is 34.2 Å². The van der Waals surface area contributed by atoms with Crippen LogP contribution in [0.2, 0.25) is 10.0 Å². The summed E-state index contributed by atoms with van der Waals surface area (Å²) in [6.45, 7) is 0. The molecule has 1 heterocycles. The molecule has 0 fully saturated rings. The van der Waals surface area contributed by atoms with Gasteiger partial charge in [0.15, 0.2) is 5.82 Å². The molecule has 0 atom stereocenters. The Hall–Kier alpha value is -1.58. The van der Waals surface area contributed by atoms with Crippen LogP contribution in [-0.4, -0.2) is 9.97 Å². The minimum Gasteiger partial charge on any atom is -0.338 e. The summed E-state index contributed by atoms with van der Waals surface area (Å²) in [5.41, 5.74) is 1.67. The maximum atomic E-state index is 13.5. The second-order valence-corrected chi connectivity index (χ2v) is 4.75. The van der Waals surface area contributed by atoms with Crippen LogP contribution in [0.4, 0.5) is 4.39 Å². The standard InChI is InChI=1S/C13H7Cl2FN2/c14-8-4-7(5-9(15)6-8)13-17-11-3-1-2-10(16)12(11)18-13/h1-6H,(H,17,18). The van der Waals surface area contributed by atoms with E-state index < -0.39 is 0 Å². The Morgan fingerprint density at radius 3 is 2.44 bits per heavy atom. The third-order valence-corrected chi connectivity index (χ3v) is 3.04. The number of imidazole rings is 1. The number of benzene rings is 2. The molecule has 0 aliphatic carbocycles. The van der Waals surface area contributed by atoms with Gasteiger partial charge in [0.05, 0.1) is 5.52 Å². The lowest BCUT2D eigenvalue weighted by Gasteiger charge is -1.98. The van der Waals surface area contributed by atoms with Crippen molar-refractivity contribution in [2.24, 2.45) is 0 Å². The van der Waals surface area contributed by atoms with Crippen molar-refractivity contribution in [3.63, 3.8) is 0 Å². The van der Waals surface area contributed by atoms with E-state index in [1.165, 1.54) is 6.07 Å². The van der Waals surface area contributed by atoms with Gasteiger partial charge in [-0.05, 0) is 30.3 Å². The molecule has 0 saturated carbocycles. The maximum Gasteiger partial charge on any atom is 0.151 e. The van der Waals surface area contributed by atoms with Gasteiger partial charge in [0.2, 0.25) is 0 Å². The van der Waals surface area contributed by atoms with Crippen LogP contribution in [0.25, 0.3) is 22.4 Å². The summed E-state index contributed by atoms with van der Waals surface area (Å²) in [5.74, 6) is 0.183. The van der Waals surface area contributed by atoms with E-state index in [1.807, 2.05) is 0 Å². The van der Waals surface area contributed by atoms with Crippen LogP contribution in [0.15, 0.2) is 36.4 Å². The van der Waals surface area contributed by atoms with Crippen LogP contribution in [0.1, 0.15) is 0 Å². The molecule has 2 nitrogen and oxygen atoms in total. The van der Waals surface area contributed by atoms with E-state index in [-0.39, 0.29) is 5.82 Å². The quantitative estimate of drug-likeness (QED) is 0.689. The lowest BCUT2D eigenvalue weighted by atomic mass is 10.2. The lowest BCUT2D eigenvalue weighted by Crippen LogP contribution is -1.81. The van der Waals surface area contributed by atoms with Crippen LogP contribution in [0.3, 0.4) is 0 Å². The summed E-state index contributed by atoms with van der Waals surface area (Å²) in [6.07, 6.45) is 0. The molecule has 0 aliphatic heterocycles. The first-order valence-electron chi connectivity index (χ1n) is 5.24. The number of fused-ring (bicyclic) bond motifs is 1. The molecule has 0 aliphatic rings. The van der Waals surface area contributed by atoms with Gasteiger partial charge in [0.1, 0.15) is 11.3 Å². The zero-order valence-electron chi connectivity index (χ0n) is 9.05. The highest BCUT2D eigenvalue weighted by molar-refractivity contribution is 6.35. The van der Waals surface area contributed by atoms with Gasteiger partial charge in [0, 0.05) is 15.6 Å². The van der Waals surface area contributed by atoms with Crippen LogP contribution >= 0.6 is 23.2 Å². The molecule has 18 heavy (non-hydrogen) atoms. The first-order chi connectivity index (χ1) is 8.63. The number of halogens is 3. The van der Waals surface area contributed by atoms with E-state index in [0.29, 0.717) is 26.9 Å². The molecule has 0 amide bonds. The first kappa shape index (κ1) is 11.5. The molecule has 0 spiro atoms. The molecule has 3 rings (SSSR count). The first-order valence-corrected chi connectivity index (χ1v) is 6.00. The van der Waals surface area contributed by atoms with Crippen molar-refractivity contribution in [2.45, 2.75) is 0 Å². The number of aromatic nitrogens is 2. The number of hydrogen-bond acceptors (Lipinski definition) is 1. The molecule has 0 unspecified atom stereocenters. The minimum absolute atomic E-state index is 0.309. The highest BCUT2D eigenvalue weighted by Gasteiger charge is 2.09. The van der Waals surface area contributed by atoms with Crippen molar-refractivity contribution in [1.82, 2.24) is 9.97 Å². The fourth-order valence-electron chi connectivity index (χ4n) is 1.82. The summed E-state index contributed by atoms with van der Waals surface area (Å²) < 4.78 is 13.5. The Morgan fingerprint density at radius 1 is 1.06 bits per heavy atom. The van der Waals surface area contributed by atoms with Crippen LogP contribution in [-0.2, 0) is 0 Å². The smallest absolute Gasteiger partial charge is 0.151 e. The molecule has 1 aromatic heterocycles. The number of hydrogen-bond donors (Lipinski definition) is 1. The van der Waals surface area contributed by atoms with Gasteiger partial charge in [-0.15, -0.1) is 0 Å². The third kappa shape index (κ3) is 1.96. The molecule has 0 saturated heterocycles. The highest BCUT2D eigenvalue weighted by Crippen LogP contribution is 2.27. The summed E-state index contributed by atoms with van der Waals surface area (Å²) in [6, 6.07) is 9.85. The second-order valence-electron chi connectivity index (χ2n) is 3.88. The predicted octanol–water partition coefficient (Wildman–Crippen LogP) is 4.68. The SMILES string of the molecule is Fc1cccc2[nH]c(-c3cc(Cl)cc(Cl)c3)nc12. The Kier molecular flexibility index (Phi) is 2.73. The van der Waals surface area contributed by atoms with E-state index in [4.69, 9.17) is 23.2 Å². The fraction of sp³-hybridized carbons (Fsp3) is 0. The van der Waals surface area contributed by atoms with Crippen molar-refractivity contribution in [2.75, 3.05) is 0 Å². The monoisotopic (exact) mass is 280 g/mol. The molecule has 0 bridgehead atoms. The van der Waals surface area contributed by atoms with Crippen molar-refractivity contribution in [3.8, 4) is 11.4 Å². The fourth-order valence-corrected chi connectivity index (χ4v) is 2.35. The number of H-pyrrole nitrogens is 1. The van der Waals surface area contributed by atoms with Gasteiger partial charge in [0.25, 0.3) is 0 Å². The van der Waals surface area contributed by atoms with Crippen LogP contribution in [0.5, 0.6) is 0 Å². The normalized spacial score (nSPS) is 11.1. The molecule has 5 heteroatoms. The van der Waals surface area contributed by atoms with E-state index in [2.05, 4.69) is 9.97 Å². The molecule has 1 N–H and O–H groups in total. The zero-order chi connectivity index (χ0) is 12.7. The second kappa shape index (κ2) is 4.26. The topological polar surface area (TPSA) is 28.7 Å². The lowest BCUT2D eigenvalue weighted by molar-refractivity contribution is 0.637. The minimum atomic E-state index is -0.358. The van der Waals surface area contributed by atoms with Gasteiger partial charge < -0.3 is 4.98 Å². The van der Waals surface area contributed by atoms with Crippen LogP contribution < -0.4 is 0 Å². The number of nitrogens with zero attached hydrogens (tertiary/aromatic N) is 1. The van der Waals surface area contributed by atoms with Gasteiger partial charge in [-0.3, -0.25) is 0 Å². The number of rotatable bonds is 1. The van der Waals surface area contributed by atoms with E-state index in [9.17, 15) is 4.39 Å². The van der Waals surface area contributed by atoms with E-state index >= 15 is 0 Å². The van der Waals surface area contributed by atoms with Crippen molar-refractivity contribution < 1.29 is 4.39 Å². The van der Waals surface area contributed by atoms with Crippen LogP contribution in [0, 0.1) is 5.82 Å². The summed E-state index contributed by atoms with van der Waals surface area (Å²) >= 11 is 11.9. The molecule has 3 aromatic rings. The van der Waals surface area contributed by atoms with E-state index in [0.717, 1.165) is 5.56 Å². The Morgan fingerprint density at radius 2 is 1.78 bits per heavy atom. The summed E-state index contributed by atoms with van der Waals surface area (Å²) in [4.78, 5) is 7.26.